The van der Waals surface area contributed by atoms with Crippen LogP contribution in [-0.2, 0) is 27.5 Å². The zero-order valence-corrected chi connectivity index (χ0v) is 21.1. The molecule has 10 nitrogen and oxygen atoms in total. The Morgan fingerprint density at radius 1 is 1.08 bits per heavy atom. The van der Waals surface area contributed by atoms with E-state index in [9.17, 15) is 14.4 Å². The van der Waals surface area contributed by atoms with Gasteiger partial charge in [-0.1, -0.05) is 12.1 Å². The summed E-state index contributed by atoms with van der Waals surface area (Å²) in [5, 5.41) is 0. The Kier molecular flexibility index (Phi) is 9.13. The van der Waals surface area contributed by atoms with Crippen LogP contribution in [-0.4, -0.2) is 75.1 Å². The van der Waals surface area contributed by atoms with Crippen LogP contribution in [0.3, 0.4) is 0 Å². The minimum absolute atomic E-state index is 0.0238. The molecular weight excluding hydrogens is 466 g/mol. The smallest absolute Gasteiger partial charge is 0.305 e. The van der Waals surface area contributed by atoms with Crippen molar-refractivity contribution in [3.05, 3.63) is 53.1 Å². The Labute approximate surface area is 210 Å². The lowest BCUT2D eigenvalue weighted by Gasteiger charge is -2.24. The van der Waals surface area contributed by atoms with E-state index in [1.54, 1.807) is 25.3 Å². The summed E-state index contributed by atoms with van der Waals surface area (Å²) >= 11 is 0. The van der Waals surface area contributed by atoms with Crippen molar-refractivity contribution < 1.29 is 33.3 Å². The fourth-order valence-corrected chi connectivity index (χ4v) is 3.94. The molecule has 0 saturated heterocycles. The molecule has 36 heavy (non-hydrogen) atoms. The van der Waals surface area contributed by atoms with Crippen molar-refractivity contribution in [3.63, 3.8) is 0 Å². The topological polar surface area (TPSA) is 121 Å². The molecule has 1 aliphatic heterocycles. The van der Waals surface area contributed by atoms with Gasteiger partial charge in [-0.15, -0.1) is 0 Å². The summed E-state index contributed by atoms with van der Waals surface area (Å²) in [4.78, 5) is 40.1. The first-order chi connectivity index (χ1) is 17.2. The first-order valence-electron chi connectivity index (χ1n) is 11.6. The molecule has 1 unspecified atom stereocenters. The van der Waals surface area contributed by atoms with Crippen LogP contribution in [0.1, 0.15) is 34.3 Å². The molecule has 1 heterocycles. The Bertz CT molecular complexity index is 1100. The first-order valence-corrected chi connectivity index (χ1v) is 11.6. The summed E-state index contributed by atoms with van der Waals surface area (Å²) in [5.41, 5.74) is 7.54. The molecule has 2 aromatic carbocycles. The number of likely N-dealkylation sites (N-methyl/N-ethyl adjacent to an activating group) is 1. The lowest BCUT2D eigenvalue weighted by molar-refractivity contribution is -0.141. The number of primary amides is 1. The summed E-state index contributed by atoms with van der Waals surface area (Å²) in [6.07, 6.45) is 0.0599. The molecule has 2 amide bonds. The van der Waals surface area contributed by atoms with Gasteiger partial charge in [-0.05, 0) is 50.3 Å². The highest BCUT2D eigenvalue weighted by molar-refractivity contribution is 6.01. The number of amides is 2. The summed E-state index contributed by atoms with van der Waals surface area (Å²) < 4.78 is 22.0. The number of ether oxygens (including phenoxy) is 4. The average molecular weight is 500 g/mol. The molecule has 2 aromatic rings. The van der Waals surface area contributed by atoms with Crippen LogP contribution in [0, 0.1) is 0 Å². The minimum Gasteiger partial charge on any atom is -0.493 e. The summed E-state index contributed by atoms with van der Waals surface area (Å²) in [6.45, 7) is 1.66. The van der Waals surface area contributed by atoms with Crippen LogP contribution in [0.25, 0.3) is 0 Å². The van der Waals surface area contributed by atoms with Crippen LogP contribution >= 0.6 is 0 Å². The fourth-order valence-electron chi connectivity index (χ4n) is 3.94. The quantitative estimate of drug-likeness (QED) is 0.416. The first kappa shape index (κ1) is 26.8. The number of fused-ring (bicyclic) bond motifs is 1. The lowest BCUT2D eigenvalue weighted by Crippen LogP contribution is -2.45. The van der Waals surface area contributed by atoms with Crippen LogP contribution in [0.4, 0.5) is 0 Å². The predicted octanol–water partition coefficient (Wildman–Crippen LogP) is 1.98. The summed E-state index contributed by atoms with van der Waals surface area (Å²) in [6, 6.07) is 9.84. The number of carbonyl (C=O) groups excluding carboxylic acids is 3. The van der Waals surface area contributed by atoms with Gasteiger partial charge < -0.3 is 34.5 Å². The van der Waals surface area contributed by atoms with E-state index >= 15 is 0 Å². The minimum atomic E-state index is -0.930. The highest BCUT2D eigenvalue weighted by Crippen LogP contribution is 2.34. The van der Waals surface area contributed by atoms with E-state index in [4.69, 9.17) is 19.9 Å². The van der Waals surface area contributed by atoms with Gasteiger partial charge in [-0.3, -0.25) is 14.4 Å². The fraction of sp³-hybridized carbons (Fsp3) is 0.423. The predicted molar refractivity (Wildman–Crippen MR) is 132 cm³/mol. The van der Waals surface area contributed by atoms with Gasteiger partial charge in [0.15, 0.2) is 11.5 Å². The maximum Gasteiger partial charge on any atom is 0.305 e. The lowest BCUT2D eigenvalue weighted by atomic mass is 10.1. The molecule has 1 atom stereocenters. The molecule has 0 saturated carbocycles. The summed E-state index contributed by atoms with van der Waals surface area (Å²) in [7, 11) is 6.80. The largest absolute Gasteiger partial charge is 0.493 e. The second-order valence-electron chi connectivity index (χ2n) is 8.67. The highest BCUT2D eigenvalue weighted by Gasteiger charge is 2.37. The number of hydrogen-bond acceptors (Lipinski definition) is 8. The third-order valence-corrected chi connectivity index (χ3v) is 5.93. The van der Waals surface area contributed by atoms with E-state index in [0.29, 0.717) is 35.0 Å². The van der Waals surface area contributed by atoms with Crippen molar-refractivity contribution in [1.82, 2.24) is 9.80 Å². The normalized spacial score (nSPS) is 13.4. The van der Waals surface area contributed by atoms with Crippen molar-refractivity contribution >= 4 is 17.8 Å². The van der Waals surface area contributed by atoms with E-state index in [1.165, 1.54) is 12.0 Å². The molecule has 10 heteroatoms. The van der Waals surface area contributed by atoms with E-state index in [-0.39, 0.29) is 31.9 Å². The van der Waals surface area contributed by atoms with Crippen LogP contribution in [0.15, 0.2) is 36.4 Å². The SMILES string of the molecule is COC(=O)CCC(C(N)=O)N1Cc2c(OCc3ccc(OC)c(OCCN(C)C)c3)cccc2C1=O. The molecular formula is C26H33N3O7. The molecule has 0 fully saturated rings. The molecule has 0 bridgehead atoms. The zero-order valence-electron chi connectivity index (χ0n) is 21.1. The molecule has 194 valence electrons. The third kappa shape index (κ3) is 6.45. The van der Waals surface area contributed by atoms with E-state index in [0.717, 1.165) is 12.1 Å². The number of esters is 1. The zero-order chi connectivity index (χ0) is 26.2. The van der Waals surface area contributed by atoms with Gasteiger partial charge in [0.25, 0.3) is 5.91 Å². The highest BCUT2D eigenvalue weighted by atomic mass is 16.5. The van der Waals surface area contributed by atoms with Gasteiger partial charge in [0.1, 0.15) is 25.0 Å². The summed E-state index contributed by atoms with van der Waals surface area (Å²) in [5.74, 6) is 0.302. The second kappa shape index (κ2) is 12.3. The molecule has 0 aromatic heterocycles. The molecule has 0 radical (unpaired) electrons. The Hall–Kier alpha value is -3.79. The molecule has 0 aliphatic carbocycles. The van der Waals surface area contributed by atoms with Crippen molar-refractivity contribution in [3.8, 4) is 17.2 Å². The Morgan fingerprint density at radius 3 is 2.53 bits per heavy atom. The monoisotopic (exact) mass is 499 g/mol. The maximum atomic E-state index is 13.1. The van der Waals surface area contributed by atoms with Crippen LogP contribution < -0.4 is 19.9 Å². The number of nitrogens with two attached hydrogens (primary N) is 1. The number of nitrogens with zero attached hydrogens (tertiary/aromatic N) is 2. The van der Waals surface area contributed by atoms with Gasteiger partial charge in [0, 0.05) is 24.1 Å². The van der Waals surface area contributed by atoms with Crippen molar-refractivity contribution in [2.75, 3.05) is 41.5 Å². The van der Waals surface area contributed by atoms with Crippen LogP contribution in [0.5, 0.6) is 17.2 Å². The van der Waals surface area contributed by atoms with E-state index in [2.05, 4.69) is 4.74 Å². The van der Waals surface area contributed by atoms with Gasteiger partial charge in [-0.2, -0.15) is 0 Å². The number of benzene rings is 2. The Morgan fingerprint density at radius 2 is 1.86 bits per heavy atom. The number of hydrogen-bond donors (Lipinski definition) is 1. The maximum absolute atomic E-state index is 13.1. The average Bonchev–Trinajstić information content (AvgIpc) is 3.19. The van der Waals surface area contributed by atoms with Gasteiger partial charge >= 0.3 is 5.97 Å². The Balaban J connectivity index is 1.73. The van der Waals surface area contributed by atoms with Crippen molar-refractivity contribution in [1.29, 1.82) is 0 Å². The number of rotatable bonds is 13. The molecule has 2 N–H and O–H groups in total. The third-order valence-electron chi connectivity index (χ3n) is 5.93. The second-order valence-corrected chi connectivity index (χ2v) is 8.67. The van der Waals surface area contributed by atoms with E-state index < -0.39 is 17.9 Å². The molecule has 1 aliphatic rings. The van der Waals surface area contributed by atoms with Gasteiger partial charge in [-0.25, -0.2) is 0 Å². The molecule has 3 rings (SSSR count). The van der Waals surface area contributed by atoms with Gasteiger partial charge in [0.2, 0.25) is 5.91 Å². The van der Waals surface area contributed by atoms with Crippen molar-refractivity contribution in [2.24, 2.45) is 5.73 Å². The van der Waals surface area contributed by atoms with Crippen LogP contribution in [0.2, 0.25) is 0 Å². The number of methoxy groups -OCH3 is 2. The molecule has 0 spiro atoms. The number of carbonyl (C=O) groups is 3. The van der Waals surface area contributed by atoms with E-state index in [1.807, 2.05) is 37.2 Å². The van der Waals surface area contributed by atoms with Crippen molar-refractivity contribution in [2.45, 2.75) is 32.0 Å². The standard InChI is InChI=1S/C26H33N3O7/c1-28(2)12-13-35-23-14-17(8-10-22(23)33-3)16-36-21-7-5-6-18-19(21)15-29(26(18)32)20(25(27)31)9-11-24(30)34-4/h5-8,10,14,20H,9,11-13,15-16H2,1-4H3,(H2,27,31). The van der Waals surface area contributed by atoms with Gasteiger partial charge in [0.05, 0.1) is 20.8 Å².